The van der Waals surface area contributed by atoms with E-state index in [1.165, 1.54) is 0 Å². The molecule has 1 heterocycles. The maximum Gasteiger partial charge on any atom is 0.0793 e. The maximum absolute atomic E-state index is 10.3. The molecule has 1 atom stereocenters. The third kappa shape index (κ3) is 8.17. The van der Waals surface area contributed by atoms with Crippen LogP contribution in [0.3, 0.4) is 0 Å². The Morgan fingerprint density at radius 3 is 2.30 bits per heavy atom. The van der Waals surface area contributed by atoms with Gasteiger partial charge in [-0.2, -0.15) is 0 Å². The molecule has 0 spiro atoms. The Hall–Kier alpha value is -0.200. The minimum Gasteiger partial charge on any atom is -0.390 e. The van der Waals surface area contributed by atoms with Gasteiger partial charge in [0.25, 0.3) is 0 Å². The molecule has 0 saturated carbocycles. The third-order valence-corrected chi connectivity index (χ3v) is 3.63. The van der Waals surface area contributed by atoms with Crippen LogP contribution in [0.15, 0.2) is 0 Å². The van der Waals surface area contributed by atoms with Gasteiger partial charge in [-0.15, -0.1) is 0 Å². The highest BCUT2D eigenvalue weighted by Crippen LogP contribution is 2.03. The van der Waals surface area contributed by atoms with E-state index >= 15 is 0 Å². The highest BCUT2D eigenvalue weighted by atomic mass is 16.3. The van der Waals surface area contributed by atoms with Crippen molar-refractivity contribution >= 4 is 0 Å². The summed E-state index contributed by atoms with van der Waals surface area (Å²) in [6.07, 6.45) is -0.242. The topological polar surface area (TPSA) is 42.0 Å². The first kappa shape index (κ1) is 17.9. The van der Waals surface area contributed by atoms with E-state index in [-0.39, 0.29) is 6.10 Å². The third-order valence-electron chi connectivity index (χ3n) is 3.63. The zero-order valence-electron chi connectivity index (χ0n) is 13.8. The lowest BCUT2D eigenvalue weighted by Gasteiger charge is -2.32. The molecule has 2 N–H and O–H groups in total. The molecule has 5 nitrogen and oxygen atoms in total. The Morgan fingerprint density at radius 2 is 1.75 bits per heavy atom. The molecule has 20 heavy (non-hydrogen) atoms. The van der Waals surface area contributed by atoms with E-state index < -0.39 is 0 Å². The molecule has 0 aromatic rings. The predicted octanol–water partition coefficient (Wildman–Crippen LogP) is -0.228. The standard InChI is InChI=1S/C15H34N4O/c1-14(2)11-19(10-9-17(3)4)13-15(20)12-18-7-5-16-6-8-18/h14-16,20H,5-13H2,1-4H3. The van der Waals surface area contributed by atoms with Gasteiger partial charge in [-0.1, -0.05) is 13.8 Å². The number of hydrogen-bond acceptors (Lipinski definition) is 5. The van der Waals surface area contributed by atoms with E-state index in [9.17, 15) is 5.11 Å². The summed E-state index contributed by atoms with van der Waals surface area (Å²) in [5.74, 6) is 0.642. The Kier molecular flexibility index (Phi) is 8.64. The number of β-amino-alcohol motifs (C(OH)–C–C–N with tert-alkyl or cyclic N) is 1. The highest BCUT2D eigenvalue weighted by Gasteiger charge is 2.17. The number of likely N-dealkylation sites (N-methyl/N-ethyl adjacent to an activating group) is 1. The van der Waals surface area contributed by atoms with E-state index in [1.807, 2.05) is 0 Å². The van der Waals surface area contributed by atoms with Crippen molar-refractivity contribution in [2.24, 2.45) is 5.92 Å². The Morgan fingerprint density at radius 1 is 1.10 bits per heavy atom. The van der Waals surface area contributed by atoms with Crippen molar-refractivity contribution in [3.63, 3.8) is 0 Å². The van der Waals surface area contributed by atoms with Crippen LogP contribution in [0.5, 0.6) is 0 Å². The molecule has 0 radical (unpaired) electrons. The lowest BCUT2D eigenvalue weighted by atomic mass is 10.2. The molecule has 0 aliphatic carbocycles. The fourth-order valence-electron chi connectivity index (χ4n) is 2.66. The van der Waals surface area contributed by atoms with Crippen molar-refractivity contribution in [2.45, 2.75) is 20.0 Å². The van der Waals surface area contributed by atoms with Gasteiger partial charge in [0.2, 0.25) is 0 Å². The van der Waals surface area contributed by atoms with Crippen LogP contribution in [0.4, 0.5) is 0 Å². The van der Waals surface area contributed by atoms with Gasteiger partial charge in [0.05, 0.1) is 6.10 Å². The average molecular weight is 286 g/mol. The molecular formula is C15H34N4O. The normalized spacial score (nSPS) is 19.2. The Labute approximate surface area is 124 Å². The minimum atomic E-state index is -0.242. The number of aliphatic hydroxyl groups excluding tert-OH is 1. The van der Waals surface area contributed by atoms with Gasteiger partial charge in [0.1, 0.15) is 0 Å². The van der Waals surface area contributed by atoms with Crippen molar-refractivity contribution in [2.75, 3.05) is 73.0 Å². The lowest BCUT2D eigenvalue weighted by molar-refractivity contribution is 0.0634. The predicted molar refractivity (Wildman–Crippen MR) is 85.1 cm³/mol. The summed E-state index contributed by atoms with van der Waals surface area (Å²) in [5, 5.41) is 13.7. The molecular weight excluding hydrogens is 252 g/mol. The SMILES string of the molecule is CC(C)CN(CCN(C)C)CC(O)CN1CCNCC1. The first-order valence-corrected chi connectivity index (χ1v) is 7.95. The summed E-state index contributed by atoms with van der Waals surface area (Å²) in [7, 11) is 4.20. The molecule has 1 aliphatic rings. The molecule has 0 aromatic carbocycles. The van der Waals surface area contributed by atoms with Crippen molar-refractivity contribution in [3.05, 3.63) is 0 Å². The van der Waals surface area contributed by atoms with Gasteiger partial charge in [0, 0.05) is 58.9 Å². The molecule has 5 heteroatoms. The monoisotopic (exact) mass is 286 g/mol. The molecule has 1 rings (SSSR count). The molecule has 1 saturated heterocycles. The highest BCUT2D eigenvalue weighted by molar-refractivity contribution is 4.74. The molecule has 1 unspecified atom stereocenters. The molecule has 0 bridgehead atoms. The van der Waals surface area contributed by atoms with Crippen molar-refractivity contribution in [1.29, 1.82) is 0 Å². The second-order valence-electron chi connectivity index (χ2n) is 6.66. The van der Waals surface area contributed by atoms with Crippen LogP contribution >= 0.6 is 0 Å². The van der Waals surface area contributed by atoms with Gasteiger partial charge < -0.3 is 15.3 Å². The van der Waals surface area contributed by atoms with Gasteiger partial charge in [-0.05, 0) is 20.0 Å². The van der Waals surface area contributed by atoms with Crippen LogP contribution in [0.25, 0.3) is 0 Å². The number of nitrogens with one attached hydrogen (secondary N) is 1. The summed E-state index contributed by atoms with van der Waals surface area (Å²) >= 11 is 0. The number of nitrogens with zero attached hydrogens (tertiary/aromatic N) is 3. The van der Waals surface area contributed by atoms with Gasteiger partial charge in [0.15, 0.2) is 0 Å². The second-order valence-corrected chi connectivity index (χ2v) is 6.66. The Bertz CT molecular complexity index is 242. The number of piperazine rings is 1. The van der Waals surface area contributed by atoms with Crippen LogP contribution in [0.2, 0.25) is 0 Å². The number of rotatable bonds is 9. The average Bonchev–Trinajstić information content (AvgIpc) is 2.36. The minimum absolute atomic E-state index is 0.242. The van der Waals surface area contributed by atoms with Crippen LogP contribution in [0, 0.1) is 5.92 Å². The van der Waals surface area contributed by atoms with Crippen LogP contribution in [0.1, 0.15) is 13.8 Å². The van der Waals surface area contributed by atoms with Crippen LogP contribution < -0.4 is 5.32 Å². The first-order chi connectivity index (χ1) is 9.47. The van der Waals surface area contributed by atoms with Crippen LogP contribution in [-0.2, 0) is 0 Å². The van der Waals surface area contributed by atoms with Gasteiger partial charge in [-0.3, -0.25) is 9.80 Å². The van der Waals surface area contributed by atoms with E-state index in [0.29, 0.717) is 5.92 Å². The molecule has 0 amide bonds. The molecule has 0 aromatic heterocycles. The quantitative estimate of drug-likeness (QED) is 0.613. The summed E-state index contributed by atoms with van der Waals surface area (Å²) < 4.78 is 0. The van der Waals surface area contributed by atoms with E-state index in [0.717, 1.165) is 58.9 Å². The van der Waals surface area contributed by atoms with Gasteiger partial charge in [-0.25, -0.2) is 0 Å². The van der Waals surface area contributed by atoms with E-state index in [2.05, 4.69) is 48.0 Å². The Balaban J connectivity index is 2.33. The van der Waals surface area contributed by atoms with Crippen molar-refractivity contribution < 1.29 is 5.11 Å². The lowest BCUT2D eigenvalue weighted by Crippen LogP contribution is -2.49. The van der Waals surface area contributed by atoms with E-state index in [1.54, 1.807) is 0 Å². The zero-order chi connectivity index (χ0) is 15.0. The molecule has 1 fully saturated rings. The van der Waals surface area contributed by atoms with Gasteiger partial charge >= 0.3 is 0 Å². The first-order valence-electron chi connectivity index (χ1n) is 7.95. The zero-order valence-corrected chi connectivity index (χ0v) is 13.8. The summed E-state index contributed by atoms with van der Waals surface area (Å²) in [6, 6.07) is 0. The fourth-order valence-corrected chi connectivity index (χ4v) is 2.66. The van der Waals surface area contributed by atoms with E-state index in [4.69, 9.17) is 0 Å². The number of hydrogen-bond donors (Lipinski definition) is 2. The molecule has 120 valence electrons. The van der Waals surface area contributed by atoms with Crippen molar-refractivity contribution in [1.82, 2.24) is 20.0 Å². The maximum atomic E-state index is 10.3. The second kappa shape index (κ2) is 9.68. The molecule has 1 aliphatic heterocycles. The summed E-state index contributed by atoms with van der Waals surface area (Å²) in [4.78, 5) is 6.97. The summed E-state index contributed by atoms with van der Waals surface area (Å²) in [6.45, 7) is 13.4. The largest absolute Gasteiger partial charge is 0.390 e. The van der Waals surface area contributed by atoms with Crippen molar-refractivity contribution in [3.8, 4) is 0 Å². The smallest absolute Gasteiger partial charge is 0.0793 e. The fraction of sp³-hybridized carbons (Fsp3) is 1.00. The number of aliphatic hydroxyl groups is 1. The summed E-state index contributed by atoms with van der Waals surface area (Å²) in [5.41, 5.74) is 0. The van der Waals surface area contributed by atoms with Crippen LogP contribution in [-0.4, -0.2) is 98.9 Å².